The Morgan fingerprint density at radius 3 is 2.67 bits per heavy atom. The van der Waals surface area contributed by atoms with E-state index in [0.29, 0.717) is 5.75 Å². The third-order valence-electron chi connectivity index (χ3n) is 1.77. The number of nitrogen functional groups attached to an aromatic ring is 1. The molecular formula is C11H14N2OS. The van der Waals surface area contributed by atoms with Gasteiger partial charge in [-0.2, -0.15) is 0 Å². The number of carbonyl (C=O) groups is 1. The van der Waals surface area contributed by atoms with Crippen molar-refractivity contribution in [3.05, 3.63) is 35.9 Å². The van der Waals surface area contributed by atoms with Crippen molar-refractivity contribution in [3.8, 4) is 0 Å². The van der Waals surface area contributed by atoms with Crippen molar-refractivity contribution in [2.45, 2.75) is 6.92 Å². The van der Waals surface area contributed by atoms with Crippen LogP contribution < -0.4 is 11.3 Å². The van der Waals surface area contributed by atoms with Gasteiger partial charge in [0.15, 0.2) is 5.12 Å². The zero-order valence-corrected chi connectivity index (χ0v) is 9.38. The number of rotatable bonds is 4. The fourth-order valence-electron chi connectivity index (χ4n) is 1.04. The maximum Gasteiger partial charge on any atom is 0.186 e. The van der Waals surface area contributed by atoms with Gasteiger partial charge in [0.2, 0.25) is 0 Å². The van der Waals surface area contributed by atoms with Gasteiger partial charge in [-0.15, -0.1) is 0 Å². The van der Waals surface area contributed by atoms with E-state index in [1.165, 1.54) is 11.8 Å². The van der Waals surface area contributed by atoms with Gasteiger partial charge in [-0.3, -0.25) is 10.6 Å². The van der Waals surface area contributed by atoms with Crippen LogP contribution in [0.1, 0.15) is 12.5 Å². The highest BCUT2D eigenvalue weighted by atomic mass is 32.2. The summed E-state index contributed by atoms with van der Waals surface area (Å²) >= 11 is 1.30. The van der Waals surface area contributed by atoms with Gasteiger partial charge in [-0.1, -0.05) is 36.0 Å². The van der Waals surface area contributed by atoms with Crippen LogP contribution >= 0.6 is 11.8 Å². The van der Waals surface area contributed by atoms with E-state index < -0.39 is 0 Å². The molecule has 1 aromatic carbocycles. The van der Waals surface area contributed by atoms with Crippen molar-refractivity contribution < 1.29 is 4.79 Å². The first-order chi connectivity index (χ1) is 7.22. The van der Waals surface area contributed by atoms with Gasteiger partial charge < -0.3 is 5.43 Å². The Labute approximate surface area is 93.7 Å². The van der Waals surface area contributed by atoms with Crippen LogP contribution in [0.3, 0.4) is 0 Å². The highest BCUT2D eigenvalue weighted by molar-refractivity contribution is 8.13. The summed E-state index contributed by atoms with van der Waals surface area (Å²) in [4.78, 5) is 10.6. The number of anilines is 1. The molecule has 0 unspecified atom stereocenters. The van der Waals surface area contributed by atoms with E-state index >= 15 is 0 Å². The van der Waals surface area contributed by atoms with Crippen LogP contribution in [0.25, 0.3) is 6.08 Å². The van der Waals surface area contributed by atoms with Gasteiger partial charge in [0.25, 0.3) is 0 Å². The zero-order chi connectivity index (χ0) is 11.1. The lowest BCUT2D eigenvalue weighted by atomic mass is 10.2. The second-order valence-corrected chi connectivity index (χ2v) is 4.17. The Bertz CT molecular complexity index is 346. The number of nitrogens with one attached hydrogen (secondary N) is 1. The minimum absolute atomic E-state index is 0.141. The van der Waals surface area contributed by atoms with E-state index in [1.54, 1.807) is 6.92 Å². The Morgan fingerprint density at radius 2 is 2.13 bits per heavy atom. The van der Waals surface area contributed by atoms with Gasteiger partial charge in [0, 0.05) is 18.4 Å². The smallest absolute Gasteiger partial charge is 0.186 e. The third kappa shape index (κ3) is 4.67. The molecule has 1 aromatic rings. The first-order valence-electron chi connectivity index (χ1n) is 4.59. The fourth-order valence-corrected chi connectivity index (χ4v) is 1.47. The quantitative estimate of drug-likeness (QED) is 0.606. The predicted molar refractivity (Wildman–Crippen MR) is 66.4 cm³/mol. The number of hydrogen-bond acceptors (Lipinski definition) is 4. The fraction of sp³-hybridized carbons (Fsp3) is 0.182. The predicted octanol–water partition coefficient (Wildman–Crippen LogP) is 2.27. The van der Waals surface area contributed by atoms with Crippen LogP contribution in [0, 0.1) is 0 Å². The van der Waals surface area contributed by atoms with Gasteiger partial charge in [0.1, 0.15) is 0 Å². The Hall–Kier alpha value is -1.26. The molecule has 0 heterocycles. The SMILES string of the molecule is CC(=O)SCC=Cc1ccc(NN)cc1. The van der Waals surface area contributed by atoms with Gasteiger partial charge in [-0.25, -0.2) is 0 Å². The van der Waals surface area contributed by atoms with E-state index in [-0.39, 0.29) is 5.12 Å². The highest BCUT2D eigenvalue weighted by Gasteiger charge is 1.90. The number of hydrogen-bond donors (Lipinski definition) is 2. The first-order valence-corrected chi connectivity index (χ1v) is 5.57. The average molecular weight is 222 g/mol. The zero-order valence-electron chi connectivity index (χ0n) is 8.57. The van der Waals surface area contributed by atoms with Crippen LogP contribution in [0.2, 0.25) is 0 Å². The third-order valence-corrected chi connectivity index (χ3v) is 2.54. The molecule has 0 saturated heterocycles. The number of nitrogens with two attached hydrogens (primary N) is 1. The van der Waals surface area contributed by atoms with Crippen LogP contribution in [-0.2, 0) is 4.79 Å². The largest absolute Gasteiger partial charge is 0.324 e. The first kappa shape index (κ1) is 11.8. The Balaban J connectivity index is 2.46. The summed E-state index contributed by atoms with van der Waals surface area (Å²) in [5.74, 6) is 5.96. The van der Waals surface area contributed by atoms with Crippen LogP contribution in [0.4, 0.5) is 5.69 Å². The molecule has 1 rings (SSSR count). The minimum atomic E-state index is 0.141. The van der Waals surface area contributed by atoms with E-state index in [1.807, 2.05) is 36.4 Å². The molecule has 0 radical (unpaired) electrons. The van der Waals surface area contributed by atoms with E-state index in [2.05, 4.69) is 5.43 Å². The number of carbonyl (C=O) groups excluding carboxylic acids is 1. The Kier molecular flexibility index (Phi) is 4.93. The number of hydrazine groups is 1. The summed E-state index contributed by atoms with van der Waals surface area (Å²) in [5, 5.41) is 0.141. The summed E-state index contributed by atoms with van der Waals surface area (Å²) in [6, 6.07) is 7.73. The van der Waals surface area contributed by atoms with Crippen molar-refractivity contribution in [1.29, 1.82) is 0 Å². The summed E-state index contributed by atoms with van der Waals surface area (Å²) in [6.07, 6.45) is 3.95. The monoisotopic (exact) mass is 222 g/mol. The molecular weight excluding hydrogens is 208 g/mol. The van der Waals surface area contributed by atoms with Crippen LogP contribution in [0.5, 0.6) is 0 Å². The lowest BCUT2D eigenvalue weighted by Gasteiger charge is -1.99. The summed E-state index contributed by atoms with van der Waals surface area (Å²) < 4.78 is 0. The molecule has 3 N–H and O–H groups in total. The van der Waals surface area contributed by atoms with Crippen molar-refractivity contribution in [2.24, 2.45) is 5.84 Å². The highest BCUT2D eigenvalue weighted by Crippen LogP contribution is 2.10. The van der Waals surface area contributed by atoms with Gasteiger partial charge in [-0.05, 0) is 17.7 Å². The lowest BCUT2D eigenvalue weighted by molar-refractivity contribution is -0.109. The minimum Gasteiger partial charge on any atom is -0.324 e. The van der Waals surface area contributed by atoms with Crippen molar-refractivity contribution in [3.63, 3.8) is 0 Å². The van der Waals surface area contributed by atoms with E-state index in [9.17, 15) is 4.79 Å². The lowest BCUT2D eigenvalue weighted by Crippen LogP contribution is -2.05. The summed E-state index contributed by atoms with van der Waals surface area (Å²) in [5.41, 5.74) is 4.54. The van der Waals surface area contributed by atoms with Crippen molar-refractivity contribution in [1.82, 2.24) is 0 Å². The topological polar surface area (TPSA) is 55.1 Å². The normalized spacial score (nSPS) is 10.5. The molecule has 4 heteroatoms. The summed E-state index contributed by atoms with van der Waals surface area (Å²) in [6.45, 7) is 1.57. The maximum atomic E-state index is 10.6. The molecule has 0 saturated carbocycles. The second kappa shape index (κ2) is 6.27. The summed E-state index contributed by atoms with van der Waals surface area (Å²) in [7, 11) is 0. The average Bonchev–Trinajstić information content (AvgIpc) is 2.25. The molecule has 80 valence electrons. The van der Waals surface area contributed by atoms with Crippen molar-refractivity contribution >= 4 is 28.6 Å². The molecule has 0 fully saturated rings. The second-order valence-electron chi connectivity index (χ2n) is 2.97. The van der Waals surface area contributed by atoms with Gasteiger partial charge in [0.05, 0.1) is 0 Å². The molecule has 0 bridgehead atoms. The maximum absolute atomic E-state index is 10.6. The molecule has 15 heavy (non-hydrogen) atoms. The van der Waals surface area contributed by atoms with Gasteiger partial charge >= 0.3 is 0 Å². The molecule has 3 nitrogen and oxygen atoms in total. The molecule has 0 aliphatic rings. The molecule has 0 aliphatic heterocycles. The number of thioether (sulfide) groups is 1. The Morgan fingerprint density at radius 1 is 1.47 bits per heavy atom. The van der Waals surface area contributed by atoms with Crippen molar-refractivity contribution in [2.75, 3.05) is 11.2 Å². The van der Waals surface area contributed by atoms with E-state index in [0.717, 1.165) is 11.3 Å². The molecule has 0 atom stereocenters. The molecule has 0 spiro atoms. The molecule has 0 aliphatic carbocycles. The van der Waals surface area contributed by atoms with E-state index in [4.69, 9.17) is 5.84 Å². The molecule has 0 aromatic heterocycles. The van der Waals surface area contributed by atoms with Crippen LogP contribution in [0.15, 0.2) is 30.3 Å². The standard InChI is InChI=1S/C11H14N2OS/c1-9(14)15-8-2-3-10-4-6-11(13-12)7-5-10/h2-7,13H,8,12H2,1H3. The number of benzene rings is 1. The van der Waals surface area contributed by atoms with Crippen LogP contribution in [-0.4, -0.2) is 10.9 Å². The molecule has 0 amide bonds.